The number of nitrogens with one attached hydrogen (secondary N) is 1. The summed E-state index contributed by atoms with van der Waals surface area (Å²) in [5.41, 5.74) is 3.24. The molecule has 2 rings (SSSR count). The maximum Gasteiger partial charge on any atom is 0.307 e. The third-order valence-corrected chi connectivity index (χ3v) is 2.32. The largest absolute Gasteiger partial charge is 0.494 e. The van der Waals surface area contributed by atoms with Gasteiger partial charge in [-0.1, -0.05) is 0 Å². The van der Waals surface area contributed by atoms with E-state index >= 15 is 0 Å². The Labute approximate surface area is 110 Å². The minimum absolute atomic E-state index is 0.226. The number of carbonyl (C=O) groups excluding carboxylic acids is 1. The zero-order chi connectivity index (χ0) is 13.5. The summed E-state index contributed by atoms with van der Waals surface area (Å²) in [7, 11) is 0. The van der Waals surface area contributed by atoms with Crippen molar-refractivity contribution >= 4 is 12.1 Å². The van der Waals surface area contributed by atoms with Crippen LogP contribution in [0.2, 0.25) is 0 Å². The molecule has 1 N–H and O–H groups in total. The molecule has 1 heterocycles. The van der Waals surface area contributed by atoms with Gasteiger partial charge in [-0.3, -0.25) is 4.79 Å². The van der Waals surface area contributed by atoms with Gasteiger partial charge < -0.3 is 9.15 Å². The van der Waals surface area contributed by atoms with E-state index in [2.05, 4.69) is 10.5 Å². The van der Waals surface area contributed by atoms with Crippen molar-refractivity contribution in [1.82, 2.24) is 5.43 Å². The molecule has 19 heavy (non-hydrogen) atoms. The fourth-order valence-electron chi connectivity index (χ4n) is 1.45. The molecule has 0 bridgehead atoms. The van der Waals surface area contributed by atoms with E-state index in [1.165, 1.54) is 6.26 Å². The number of hydrazone groups is 1. The number of hydrogen-bond donors (Lipinski definition) is 1. The van der Waals surface area contributed by atoms with Crippen molar-refractivity contribution < 1.29 is 13.9 Å². The van der Waals surface area contributed by atoms with Crippen molar-refractivity contribution in [2.45, 2.75) is 6.92 Å². The minimum atomic E-state index is -0.382. The lowest BCUT2D eigenvalue weighted by atomic mass is 10.2. The zero-order valence-electron chi connectivity index (χ0n) is 10.5. The summed E-state index contributed by atoms with van der Waals surface area (Å²) in [4.78, 5) is 11.5. The number of nitrogens with zero attached hydrogens (tertiary/aromatic N) is 1. The van der Waals surface area contributed by atoms with Crippen molar-refractivity contribution in [3.63, 3.8) is 0 Å². The molecule has 0 atom stereocenters. The number of furan rings is 1. The molecule has 0 saturated carbocycles. The predicted octanol–water partition coefficient (Wildman–Crippen LogP) is 2.44. The monoisotopic (exact) mass is 258 g/mol. The summed E-state index contributed by atoms with van der Waals surface area (Å²) < 4.78 is 10.3. The van der Waals surface area contributed by atoms with Crippen molar-refractivity contribution in [3.8, 4) is 5.75 Å². The average molecular weight is 258 g/mol. The molecular formula is C14H14N2O3. The zero-order valence-corrected chi connectivity index (χ0v) is 10.5. The molecule has 0 unspecified atom stereocenters. The molecule has 0 fully saturated rings. The first kappa shape index (κ1) is 12.9. The lowest BCUT2D eigenvalue weighted by Gasteiger charge is -2.02. The molecule has 0 aliphatic carbocycles. The highest BCUT2D eigenvalue weighted by Crippen LogP contribution is 2.10. The molecule has 1 aromatic heterocycles. The number of ether oxygens (including phenoxy) is 1. The minimum Gasteiger partial charge on any atom is -0.494 e. The van der Waals surface area contributed by atoms with Gasteiger partial charge in [-0.25, -0.2) is 5.43 Å². The molecule has 5 heteroatoms. The topological polar surface area (TPSA) is 63.8 Å². The van der Waals surface area contributed by atoms with Gasteiger partial charge in [0.1, 0.15) is 5.75 Å². The molecule has 5 nitrogen and oxygen atoms in total. The van der Waals surface area contributed by atoms with Crippen LogP contribution in [0.15, 0.2) is 52.2 Å². The van der Waals surface area contributed by atoms with E-state index in [0.29, 0.717) is 6.61 Å². The third kappa shape index (κ3) is 3.70. The van der Waals surface area contributed by atoms with Crippen molar-refractivity contribution in [2.75, 3.05) is 6.61 Å². The predicted molar refractivity (Wildman–Crippen MR) is 71.4 cm³/mol. The molecular weight excluding hydrogens is 244 g/mol. The Kier molecular flexibility index (Phi) is 4.34. The molecule has 1 aromatic carbocycles. The highest BCUT2D eigenvalue weighted by Gasteiger charge is 2.05. The summed E-state index contributed by atoms with van der Waals surface area (Å²) in [6.45, 7) is 2.56. The number of amides is 1. The molecule has 0 spiro atoms. The van der Waals surface area contributed by atoms with E-state index in [4.69, 9.17) is 9.15 Å². The van der Waals surface area contributed by atoms with Crippen LogP contribution in [0.25, 0.3) is 0 Å². The van der Waals surface area contributed by atoms with Gasteiger partial charge >= 0.3 is 5.91 Å². The Bertz CT molecular complexity index is 545. The second-order valence-electron chi connectivity index (χ2n) is 3.68. The summed E-state index contributed by atoms with van der Waals surface area (Å²) in [5, 5.41) is 3.85. The standard InChI is InChI=1S/C14H14N2O3/c1-2-18-12-7-5-11(6-8-12)10-15-16-14(17)13-4-3-9-19-13/h3-10H,2H2,1H3,(H,16,17). The highest BCUT2D eigenvalue weighted by molar-refractivity contribution is 5.92. The van der Waals surface area contributed by atoms with E-state index in [1.807, 2.05) is 31.2 Å². The maximum absolute atomic E-state index is 11.5. The van der Waals surface area contributed by atoms with Crippen LogP contribution in [0.5, 0.6) is 5.75 Å². The van der Waals surface area contributed by atoms with Gasteiger partial charge in [-0.2, -0.15) is 5.10 Å². The fraction of sp³-hybridized carbons (Fsp3) is 0.143. The average Bonchev–Trinajstić information content (AvgIpc) is 2.95. The molecule has 0 aliphatic rings. The van der Waals surface area contributed by atoms with E-state index in [1.54, 1.807) is 18.3 Å². The van der Waals surface area contributed by atoms with Crippen LogP contribution in [-0.4, -0.2) is 18.7 Å². The molecule has 0 aliphatic heterocycles. The number of rotatable bonds is 5. The first-order chi connectivity index (χ1) is 9.29. The first-order valence-electron chi connectivity index (χ1n) is 5.89. The summed E-state index contributed by atoms with van der Waals surface area (Å²) >= 11 is 0. The lowest BCUT2D eigenvalue weighted by molar-refractivity contribution is 0.0927. The molecule has 0 saturated heterocycles. The Balaban J connectivity index is 1.90. The lowest BCUT2D eigenvalue weighted by Crippen LogP contribution is -2.16. The van der Waals surface area contributed by atoms with Gasteiger partial charge in [0.2, 0.25) is 0 Å². The van der Waals surface area contributed by atoms with Gasteiger partial charge in [0, 0.05) is 0 Å². The van der Waals surface area contributed by atoms with Gasteiger partial charge in [-0.15, -0.1) is 0 Å². The van der Waals surface area contributed by atoms with Crippen molar-refractivity contribution in [1.29, 1.82) is 0 Å². The normalized spacial score (nSPS) is 10.6. The van der Waals surface area contributed by atoms with Crippen molar-refractivity contribution in [2.24, 2.45) is 5.10 Å². The quantitative estimate of drug-likeness (QED) is 0.661. The van der Waals surface area contributed by atoms with Crippen LogP contribution >= 0.6 is 0 Å². The van der Waals surface area contributed by atoms with Gasteiger partial charge in [0.15, 0.2) is 5.76 Å². The van der Waals surface area contributed by atoms with Gasteiger partial charge in [0.25, 0.3) is 0 Å². The highest BCUT2D eigenvalue weighted by atomic mass is 16.5. The number of benzene rings is 1. The van der Waals surface area contributed by atoms with Crippen LogP contribution in [0.1, 0.15) is 23.0 Å². The SMILES string of the molecule is CCOc1ccc(C=NNC(=O)c2ccco2)cc1. The van der Waals surface area contributed by atoms with E-state index in [0.717, 1.165) is 11.3 Å². The summed E-state index contributed by atoms with van der Waals surface area (Å²) in [6.07, 6.45) is 2.99. The first-order valence-corrected chi connectivity index (χ1v) is 5.89. The smallest absolute Gasteiger partial charge is 0.307 e. The molecule has 98 valence electrons. The van der Waals surface area contributed by atoms with E-state index in [-0.39, 0.29) is 11.7 Å². The summed E-state index contributed by atoms with van der Waals surface area (Å²) in [6, 6.07) is 10.6. The third-order valence-electron chi connectivity index (χ3n) is 2.32. The number of carbonyl (C=O) groups is 1. The van der Waals surface area contributed by atoms with Crippen LogP contribution in [0.3, 0.4) is 0 Å². The molecule has 2 aromatic rings. The van der Waals surface area contributed by atoms with Crippen LogP contribution in [0.4, 0.5) is 0 Å². The number of hydrogen-bond acceptors (Lipinski definition) is 4. The van der Waals surface area contributed by atoms with Crippen LogP contribution < -0.4 is 10.2 Å². The molecule has 0 radical (unpaired) electrons. The maximum atomic E-state index is 11.5. The fourth-order valence-corrected chi connectivity index (χ4v) is 1.45. The summed E-state index contributed by atoms with van der Waals surface area (Å²) in [5.74, 6) is 0.648. The van der Waals surface area contributed by atoms with E-state index < -0.39 is 0 Å². The Morgan fingerprint density at radius 2 is 2.16 bits per heavy atom. The van der Waals surface area contributed by atoms with Crippen LogP contribution in [0, 0.1) is 0 Å². The van der Waals surface area contributed by atoms with Gasteiger partial charge in [0.05, 0.1) is 19.1 Å². The Morgan fingerprint density at radius 1 is 1.37 bits per heavy atom. The van der Waals surface area contributed by atoms with Crippen molar-refractivity contribution in [3.05, 3.63) is 54.0 Å². The molecule has 1 amide bonds. The van der Waals surface area contributed by atoms with E-state index in [9.17, 15) is 4.79 Å². The Morgan fingerprint density at radius 3 is 2.79 bits per heavy atom. The van der Waals surface area contributed by atoms with Gasteiger partial charge in [-0.05, 0) is 48.9 Å². The second kappa shape index (κ2) is 6.39. The second-order valence-corrected chi connectivity index (χ2v) is 3.68. The Hall–Kier alpha value is -2.56. The van der Waals surface area contributed by atoms with Crippen LogP contribution in [-0.2, 0) is 0 Å².